The minimum absolute atomic E-state index is 0.0824. The highest BCUT2D eigenvalue weighted by molar-refractivity contribution is 5.96. The molecule has 1 aromatic heterocycles. The Bertz CT molecular complexity index is 1240. The Morgan fingerprint density at radius 2 is 1.66 bits per heavy atom. The summed E-state index contributed by atoms with van der Waals surface area (Å²) in [6.07, 6.45) is -1.52. The maximum absolute atomic E-state index is 13.6. The Kier molecular flexibility index (Phi) is 6.17. The van der Waals surface area contributed by atoms with Crippen LogP contribution >= 0.6 is 0 Å². The van der Waals surface area contributed by atoms with Crippen molar-refractivity contribution >= 4 is 23.0 Å². The lowest BCUT2D eigenvalue weighted by Crippen LogP contribution is -2.35. The fourth-order valence-corrected chi connectivity index (χ4v) is 3.53. The van der Waals surface area contributed by atoms with Gasteiger partial charge in [-0.15, -0.1) is 0 Å². The molecule has 0 saturated heterocycles. The number of carbonyl (C=O) groups is 2. The smallest absolute Gasteiger partial charge is 0.409 e. The van der Waals surface area contributed by atoms with E-state index < -0.39 is 24.0 Å². The summed E-state index contributed by atoms with van der Waals surface area (Å²) in [5, 5.41) is 3.60. The van der Waals surface area contributed by atoms with Crippen LogP contribution in [0.15, 0.2) is 84.9 Å². The first-order valence-corrected chi connectivity index (χ1v) is 9.98. The highest BCUT2D eigenvalue weighted by Gasteiger charge is 2.25. The van der Waals surface area contributed by atoms with Crippen LogP contribution in [-0.4, -0.2) is 23.7 Å². The third kappa shape index (κ3) is 4.46. The number of methoxy groups -OCH3 is 1. The molecule has 0 fully saturated rings. The Balaban J connectivity index is 1.73. The van der Waals surface area contributed by atoms with E-state index in [4.69, 9.17) is 9.47 Å². The van der Waals surface area contributed by atoms with E-state index in [0.29, 0.717) is 11.1 Å². The average Bonchev–Trinajstić information content (AvgIpc) is 3.21. The third-order valence-corrected chi connectivity index (χ3v) is 5.05. The van der Waals surface area contributed by atoms with Crippen LogP contribution in [-0.2, 0) is 16.1 Å². The number of benzene rings is 3. The van der Waals surface area contributed by atoms with E-state index in [9.17, 15) is 14.0 Å². The maximum Gasteiger partial charge on any atom is 0.409 e. The van der Waals surface area contributed by atoms with Crippen molar-refractivity contribution in [1.29, 1.82) is 0 Å². The number of nitrogens with one attached hydrogen (secondary N) is 1. The predicted molar refractivity (Wildman–Crippen MR) is 118 cm³/mol. The molecule has 7 heteroatoms. The van der Waals surface area contributed by atoms with Crippen molar-refractivity contribution in [2.45, 2.75) is 12.8 Å². The molecule has 1 heterocycles. The van der Waals surface area contributed by atoms with E-state index in [1.807, 2.05) is 54.6 Å². The van der Waals surface area contributed by atoms with E-state index in [1.165, 1.54) is 19.2 Å². The molecule has 0 saturated carbocycles. The minimum Gasteiger partial charge on any atom is -0.464 e. The van der Waals surface area contributed by atoms with Crippen LogP contribution in [0, 0.1) is 5.82 Å². The first kappa shape index (κ1) is 21.1. The van der Waals surface area contributed by atoms with Crippen LogP contribution in [0.3, 0.4) is 0 Å². The molecule has 4 rings (SSSR count). The molecule has 0 spiro atoms. The molecular formula is C25H21FN2O4. The molecule has 0 aliphatic rings. The van der Waals surface area contributed by atoms with Gasteiger partial charge in [-0.3, -0.25) is 5.32 Å². The summed E-state index contributed by atoms with van der Waals surface area (Å²) in [5.41, 5.74) is 2.34. The molecule has 3 aromatic carbocycles. The first-order valence-electron chi connectivity index (χ1n) is 9.98. The van der Waals surface area contributed by atoms with Gasteiger partial charge in [0.1, 0.15) is 24.3 Å². The number of aromatic nitrogens is 1. The lowest BCUT2D eigenvalue weighted by atomic mass is 10.1. The van der Waals surface area contributed by atoms with Crippen molar-refractivity contribution in [1.82, 2.24) is 9.88 Å². The zero-order valence-electron chi connectivity index (χ0n) is 17.3. The molecule has 0 bridgehead atoms. The second kappa shape index (κ2) is 9.34. The molecule has 1 N–H and O–H groups in total. The van der Waals surface area contributed by atoms with E-state index in [0.717, 1.165) is 10.9 Å². The van der Waals surface area contributed by atoms with Crippen LogP contribution in [0.2, 0.25) is 0 Å². The zero-order valence-corrected chi connectivity index (χ0v) is 17.3. The van der Waals surface area contributed by atoms with Crippen molar-refractivity contribution in [2.75, 3.05) is 7.11 Å². The fourth-order valence-electron chi connectivity index (χ4n) is 3.53. The Morgan fingerprint density at radius 3 is 2.38 bits per heavy atom. The number of fused-ring (bicyclic) bond motifs is 1. The molecule has 4 aromatic rings. The van der Waals surface area contributed by atoms with Crippen LogP contribution in [0.5, 0.6) is 0 Å². The molecule has 1 amide bonds. The van der Waals surface area contributed by atoms with Crippen LogP contribution in [0.25, 0.3) is 10.9 Å². The summed E-state index contributed by atoms with van der Waals surface area (Å²) in [5.74, 6) is -0.975. The normalized spacial score (nSPS) is 11.7. The Hall–Kier alpha value is -4.13. The molecule has 0 unspecified atom stereocenters. The molecule has 32 heavy (non-hydrogen) atoms. The zero-order chi connectivity index (χ0) is 22.5. The molecule has 0 radical (unpaired) electrons. The summed E-state index contributed by atoms with van der Waals surface area (Å²) in [4.78, 5) is 25.3. The SMILES string of the molecule is COC(=O)c1cc2ccccc2n1[C@@H](NC(=O)OCc1ccccc1)c1ccc(F)cc1. The fraction of sp³-hybridized carbons (Fsp3) is 0.120. The largest absolute Gasteiger partial charge is 0.464 e. The van der Waals surface area contributed by atoms with Gasteiger partial charge in [-0.1, -0.05) is 60.7 Å². The van der Waals surface area contributed by atoms with Crippen molar-refractivity contribution in [3.8, 4) is 0 Å². The van der Waals surface area contributed by atoms with Crippen molar-refractivity contribution in [2.24, 2.45) is 0 Å². The third-order valence-electron chi connectivity index (χ3n) is 5.05. The van der Waals surface area contributed by atoms with Crippen molar-refractivity contribution in [3.05, 3.63) is 108 Å². The summed E-state index contributed by atoms with van der Waals surface area (Å²) < 4.78 is 25.6. The molecule has 1 atom stereocenters. The lowest BCUT2D eigenvalue weighted by Gasteiger charge is -2.24. The molecule has 0 aliphatic heterocycles. The van der Waals surface area contributed by atoms with E-state index >= 15 is 0 Å². The van der Waals surface area contributed by atoms with Crippen LogP contribution < -0.4 is 5.32 Å². The molecule has 6 nitrogen and oxygen atoms in total. The quantitative estimate of drug-likeness (QED) is 0.434. The van der Waals surface area contributed by atoms with Gasteiger partial charge in [0, 0.05) is 5.39 Å². The average molecular weight is 432 g/mol. The maximum atomic E-state index is 13.6. The minimum atomic E-state index is -0.840. The number of para-hydroxylation sites is 1. The second-order valence-corrected chi connectivity index (χ2v) is 7.11. The van der Waals surface area contributed by atoms with Gasteiger partial charge in [0.15, 0.2) is 0 Å². The number of hydrogen-bond donors (Lipinski definition) is 1. The number of carbonyl (C=O) groups excluding carboxylic acids is 2. The van der Waals surface area contributed by atoms with E-state index in [2.05, 4.69) is 5.32 Å². The molecule has 0 aliphatic carbocycles. The van der Waals surface area contributed by atoms with E-state index in [-0.39, 0.29) is 12.3 Å². The van der Waals surface area contributed by atoms with Crippen molar-refractivity contribution in [3.63, 3.8) is 0 Å². The predicted octanol–water partition coefficient (Wildman–Crippen LogP) is 5.04. The first-order chi connectivity index (χ1) is 15.6. The highest BCUT2D eigenvalue weighted by Crippen LogP contribution is 2.28. The Morgan fingerprint density at radius 1 is 0.969 bits per heavy atom. The number of hydrogen-bond acceptors (Lipinski definition) is 4. The monoisotopic (exact) mass is 432 g/mol. The number of rotatable bonds is 6. The van der Waals surface area contributed by atoms with Gasteiger partial charge in [-0.05, 0) is 35.4 Å². The topological polar surface area (TPSA) is 69.6 Å². The van der Waals surface area contributed by atoms with Gasteiger partial charge in [0.05, 0.1) is 12.6 Å². The number of nitrogens with zero attached hydrogens (tertiary/aromatic N) is 1. The molecule has 162 valence electrons. The lowest BCUT2D eigenvalue weighted by molar-refractivity contribution is 0.0585. The number of esters is 1. The number of amides is 1. The highest BCUT2D eigenvalue weighted by atomic mass is 19.1. The summed E-state index contributed by atoms with van der Waals surface area (Å²) in [6, 6.07) is 24.0. The van der Waals surface area contributed by atoms with Gasteiger partial charge in [-0.2, -0.15) is 0 Å². The number of alkyl carbamates (subject to hydrolysis) is 1. The van der Waals surface area contributed by atoms with Gasteiger partial charge < -0.3 is 14.0 Å². The summed E-state index contributed by atoms with van der Waals surface area (Å²) in [6.45, 7) is 0.0824. The van der Waals surface area contributed by atoms with Gasteiger partial charge in [-0.25, -0.2) is 14.0 Å². The molecular weight excluding hydrogens is 411 g/mol. The van der Waals surface area contributed by atoms with Gasteiger partial charge >= 0.3 is 12.1 Å². The number of ether oxygens (including phenoxy) is 2. The van der Waals surface area contributed by atoms with Gasteiger partial charge in [0.25, 0.3) is 0 Å². The van der Waals surface area contributed by atoms with Gasteiger partial charge in [0.2, 0.25) is 0 Å². The summed E-state index contributed by atoms with van der Waals surface area (Å²) in [7, 11) is 1.29. The van der Waals surface area contributed by atoms with Crippen LogP contribution in [0.4, 0.5) is 9.18 Å². The van der Waals surface area contributed by atoms with E-state index in [1.54, 1.807) is 22.8 Å². The van der Waals surface area contributed by atoms with Crippen molar-refractivity contribution < 1.29 is 23.5 Å². The standard InChI is InChI=1S/C25H21FN2O4/c1-31-24(29)22-15-19-9-5-6-10-21(19)28(22)23(18-11-13-20(26)14-12-18)27-25(30)32-16-17-7-3-2-4-8-17/h2-15,23H,16H2,1H3,(H,27,30)/t23-/m1/s1. The second-order valence-electron chi connectivity index (χ2n) is 7.11. The van der Waals surface area contributed by atoms with Crippen LogP contribution in [0.1, 0.15) is 27.8 Å². The number of halogens is 1. The Labute approximate surface area is 184 Å². The summed E-state index contributed by atoms with van der Waals surface area (Å²) >= 11 is 0.